The summed E-state index contributed by atoms with van der Waals surface area (Å²) in [5.41, 5.74) is 0.261. The Bertz CT molecular complexity index is 163. The van der Waals surface area contributed by atoms with E-state index >= 15 is 0 Å². The number of ketones is 1. The second-order valence-electron chi connectivity index (χ2n) is 4.39. The molecule has 0 aliphatic heterocycles. The molecule has 0 rings (SSSR count). The van der Waals surface area contributed by atoms with Crippen molar-refractivity contribution >= 4 is 5.78 Å². The fraction of sp³-hybridized carbons (Fsp3) is 0.909. The van der Waals surface area contributed by atoms with E-state index in [9.17, 15) is 4.79 Å². The second-order valence-corrected chi connectivity index (χ2v) is 4.39. The average Bonchev–Trinajstić information content (AvgIpc) is 2.03. The van der Waals surface area contributed by atoms with Crippen molar-refractivity contribution < 1.29 is 4.79 Å². The molecule has 2 heteroatoms. The summed E-state index contributed by atoms with van der Waals surface area (Å²) in [6.45, 7) is 9.34. The van der Waals surface area contributed by atoms with Crippen LogP contribution in [0, 0.1) is 0 Å². The van der Waals surface area contributed by atoms with Crippen LogP contribution in [-0.4, -0.2) is 29.8 Å². The molecule has 0 atom stereocenters. The van der Waals surface area contributed by atoms with Crippen molar-refractivity contribution in [3.63, 3.8) is 0 Å². The van der Waals surface area contributed by atoms with Gasteiger partial charge < -0.3 is 9.69 Å². The van der Waals surface area contributed by atoms with Gasteiger partial charge in [0.1, 0.15) is 5.78 Å². The maximum absolute atomic E-state index is 10.7. The molecule has 0 N–H and O–H groups in total. The van der Waals surface area contributed by atoms with Crippen LogP contribution in [0.4, 0.5) is 0 Å². The van der Waals surface area contributed by atoms with Crippen LogP contribution in [0.2, 0.25) is 0 Å². The van der Waals surface area contributed by atoms with E-state index in [4.69, 9.17) is 0 Å². The molecule has 0 bridgehead atoms. The number of rotatable bonds is 6. The van der Waals surface area contributed by atoms with Crippen molar-refractivity contribution in [1.82, 2.24) is 4.90 Å². The Morgan fingerprint density at radius 1 is 1.38 bits per heavy atom. The van der Waals surface area contributed by atoms with E-state index in [-0.39, 0.29) is 5.54 Å². The van der Waals surface area contributed by atoms with Crippen molar-refractivity contribution in [2.75, 3.05) is 13.6 Å². The molecule has 78 valence electrons. The molecule has 0 saturated carbocycles. The Balaban J connectivity index is 3.74. The number of hydrogen-bond acceptors (Lipinski definition) is 2. The third kappa shape index (κ3) is 5.04. The normalized spacial score (nSPS) is 12.2. The second kappa shape index (κ2) is 5.38. The number of hydrogen-bond donors (Lipinski definition) is 0. The molecule has 0 spiro atoms. The lowest BCUT2D eigenvalue weighted by Crippen LogP contribution is -2.41. The van der Waals surface area contributed by atoms with Crippen molar-refractivity contribution in [3.8, 4) is 0 Å². The van der Waals surface area contributed by atoms with Gasteiger partial charge >= 0.3 is 0 Å². The highest BCUT2D eigenvalue weighted by Crippen LogP contribution is 2.16. The molecule has 13 heavy (non-hydrogen) atoms. The largest absolute Gasteiger partial charge is 0.301 e. The fourth-order valence-electron chi connectivity index (χ4n) is 1.14. The zero-order valence-corrected chi connectivity index (χ0v) is 9.68. The molecule has 0 unspecified atom stereocenters. The van der Waals surface area contributed by atoms with E-state index in [1.165, 1.54) is 0 Å². The van der Waals surface area contributed by atoms with Crippen LogP contribution in [0.1, 0.15) is 47.0 Å². The predicted octanol–water partition coefficient (Wildman–Crippen LogP) is 2.48. The first-order valence-electron chi connectivity index (χ1n) is 5.11. The minimum atomic E-state index is 0.261. The lowest BCUT2D eigenvalue weighted by Gasteiger charge is -2.34. The van der Waals surface area contributed by atoms with E-state index in [2.05, 4.69) is 32.7 Å². The monoisotopic (exact) mass is 185 g/mol. The Morgan fingerprint density at radius 2 is 1.92 bits per heavy atom. The molecule has 0 aliphatic rings. The SMILES string of the molecule is CCC(C)(C)N(C)CCCC(C)=O. The lowest BCUT2D eigenvalue weighted by atomic mass is 9.99. The molecule has 2 nitrogen and oxygen atoms in total. The molecule has 0 fully saturated rings. The molecular weight excluding hydrogens is 162 g/mol. The number of carbonyl (C=O) groups is 1. The van der Waals surface area contributed by atoms with Crippen LogP contribution >= 0.6 is 0 Å². The van der Waals surface area contributed by atoms with E-state index < -0.39 is 0 Å². The molecule has 0 aromatic heterocycles. The van der Waals surface area contributed by atoms with Crippen molar-refractivity contribution in [1.29, 1.82) is 0 Å². The summed E-state index contributed by atoms with van der Waals surface area (Å²) < 4.78 is 0. The van der Waals surface area contributed by atoms with Crippen molar-refractivity contribution in [2.24, 2.45) is 0 Å². The summed E-state index contributed by atoms with van der Waals surface area (Å²) in [5.74, 6) is 0.294. The van der Waals surface area contributed by atoms with E-state index in [0.717, 1.165) is 19.4 Å². The van der Waals surface area contributed by atoms with Gasteiger partial charge in [-0.05, 0) is 47.2 Å². The smallest absolute Gasteiger partial charge is 0.129 e. The quantitative estimate of drug-likeness (QED) is 0.633. The number of Topliss-reactive ketones (excluding diaryl/α,β-unsaturated/α-hetero) is 1. The molecule has 0 aromatic carbocycles. The Morgan fingerprint density at radius 3 is 2.31 bits per heavy atom. The summed E-state index contributed by atoms with van der Waals surface area (Å²) in [6, 6.07) is 0. The minimum absolute atomic E-state index is 0.261. The Labute approximate surface area is 82.3 Å². The summed E-state index contributed by atoms with van der Waals surface area (Å²) in [7, 11) is 2.13. The van der Waals surface area contributed by atoms with Gasteiger partial charge in [0.05, 0.1) is 0 Å². The van der Waals surface area contributed by atoms with Gasteiger partial charge in [0.25, 0.3) is 0 Å². The predicted molar refractivity (Wildman–Crippen MR) is 56.9 cm³/mol. The van der Waals surface area contributed by atoms with Crippen molar-refractivity contribution in [3.05, 3.63) is 0 Å². The van der Waals surface area contributed by atoms with Gasteiger partial charge in [-0.25, -0.2) is 0 Å². The first-order chi connectivity index (χ1) is 5.90. The van der Waals surface area contributed by atoms with Gasteiger partial charge in [0, 0.05) is 12.0 Å². The molecule has 0 radical (unpaired) electrons. The minimum Gasteiger partial charge on any atom is -0.301 e. The summed E-state index contributed by atoms with van der Waals surface area (Å²) in [5, 5.41) is 0. The third-order valence-corrected chi connectivity index (χ3v) is 2.92. The molecule has 0 amide bonds. The van der Waals surface area contributed by atoms with Crippen LogP contribution in [0.15, 0.2) is 0 Å². The number of nitrogens with zero attached hydrogens (tertiary/aromatic N) is 1. The zero-order valence-electron chi connectivity index (χ0n) is 9.68. The molecule has 0 aliphatic carbocycles. The third-order valence-electron chi connectivity index (χ3n) is 2.92. The highest BCUT2D eigenvalue weighted by molar-refractivity contribution is 5.75. The lowest BCUT2D eigenvalue weighted by molar-refractivity contribution is -0.117. The topological polar surface area (TPSA) is 20.3 Å². The van der Waals surface area contributed by atoms with Gasteiger partial charge in [0.15, 0.2) is 0 Å². The van der Waals surface area contributed by atoms with Gasteiger partial charge in [-0.15, -0.1) is 0 Å². The zero-order chi connectivity index (χ0) is 10.5. The molecule has 0 saturated heterocycles. The molecule has 0 aromatic rings. The molecular formula is C11H23NO. The van der Waals surface area contributed by atoms with Crippen LogP contribution in [0.25, 0.3) is 0 Å². The van der Waals surface area contributed by atoms with Gasteiger partial charge in [0.2, 0.25) is 0 Å². The fourth-order valence-corrected chi connectivity index (χ4v) is 1.14. The first kappa shape index (κ1) is 12.6. The average molecular weight is 185 g/mol. The van der Waals surface area contributed by atoms with Crippen LogP contribution in [-0.2, 0) is 4.79 Å². The standard InChI is InChI=1S/C11H23NO/c1-6-11(3,4)12(5)9-7-8-10(2)13/h6-9H2,1-5H3. The summed E-state index contributed by atoms with van der Waals surface area (Å²) >= 11 is 0. The van der Waals surface area contributed by atoms with E-state index in [1.54, 1.807) is 6.92 Å². The summed E-state index contributed by atoms with van der Waals surface area (Å²) in [6.07, 6.45) is 2.84. The molecule has 0 heterocycles. The van der Waals surface area contributed by atoms with Crippen LogP contribution in [0.3, 0.4) is 0 Å². The Hall–Kier alpha value is -0.370. The van der Waals surface area contributed by atoms with Crippen LogP contribution < -0.4 is 0 Å². The first-order valence-corrected chi connectivity index (χ1v) is 5.11. The van der Waals surface area contributed by atoms with Gasteiger partial charge in [-0.1, -0.05) is 6.92 Å². The Kier molecular flexibility index (Phi) is 5.23. The number of carbonyl (C=O) groups excluding carboxylic acids is 1. The maximum Gasteiger partial charge on any atom is 0.129 e. The summed E-state index contributed by atoms with van der Waals surface area (Å²) in [4.78, 5) is 13.1. The van der Waals surface area contributed by atoms with E-state index in [1.807, 2.05) is 0 Å². The van der Waals surface area contributed by atoms with Crippen molar-refractivity contribution in [2.45, 2.75) is 52.5 Å². The highest BCUT2D eigenvalue weighted by atomic mass is 16.1. The van der Waals surface area contributed by atoms with Crippen LogP contribution in [0.5, 0.6) is 0 Å². The van der Waals surface area contributed by atoms with Gasteiger partial charge in [-0.3, -0.25) is 0 Å². The van der Waals surface area contributed by atoms with E-state index in [0.29, 0.717) is 12.2 Å². The maximum atomic E-state index is 10.7. The van der Waals surface area contributed by atoms with Gasteiger partial charge in [-0.2, -0.15) is 0 Å². The highest BCUT2D eigenvalue weighted by Gasteiger charge is 2.20.